The zero-order valence-electron chi connectivity index (χ0n) is 8.66. The Kier molecular flexibility index (Phi) is 6.89. The van der Waals surface area contributed by atoms with Gasteiger partial charge in [-0.25, -0.2) is 0 Å². The third kappa shape index (κ3) is 8.80. The van der Waals surface area contributed by atoms with E-state index in [0.29, 0.717) is 5.92 Å². The molecule has 0 aliphatic heterocycles. The Hall–Kier alpha value is -1.11. The first kappa shape index (κ1) is 11.9. The van der Waals surface area contributed by atoms with Gasteiger partial charge < -0.3 is 0 Å². The minimum absolute atomic E-state index is 0.0792. The molecule has 0 fully saturated rings. The van der Waals surface area contributed by atoms with Crippen LogP contribution in [0.4, 0.5) is 0 Å². The maximum Gasteiger partial charge on any atom is 0.152 e. The van der Waals surface area contributed by atoms with Crippen LogP contribution in [0.5, 0.6) is 0 Å². The van der Waals surface area contributed by atoms with Crippen LogP contribution in [0, 0.1) is 5.92 Å². The standard InChI is InChI=1S/C12H18O/c1-4-11(2)9-7-5-6-8-10-12(3)13/h5-11H,4H2,1-3H3/b6-5+,9-7+,10-8+. The zero-order valence-corrected chi connectivity index (χ0v) is 8.66. The minimum Gasteiger partial charge on any atom is -0.295 e. The molecule has 13 heavy (non-hydrogen) atoms. The van der Waals surface area contributed by atoms with Gasteiger partial charge in [0.15, 0.2) is 5.78 Å². The molecule has 0 aromatic carbocycles. The van der Waals surface area contributed by atoms with Crippen LogP contribution < -0.4 is 0 Å². The van der Waals surface area contributed by atoms with Gasteiger partial charge in [-0.3, -0.25) is 4.79 Å². The lowest BCUT2D eigenvalue weighted by Crippen LogP contribution is -1.82. The second-order valence-corrected chi connectivity index (χ2v) is 3.13. The number of rotatable bonds is 5. The van der Waals surface area contributed by atoms with Crippen molar-refractivity contribution >= 4 is 5.78 Å². The molecular weight excluding hydrogens is 160 g/mol. The van der Waals surface area contributed by atoms with E-state index in [1.54, 1.807) is 19.1 Å². The second kappa shape index (κ2) is 7.53. The molecule has 0 spiro atoms. The lowest BCUT2D eigenvalue weighted by atomic mass is 10.1. The Labute approximate surface area is 80.8 Å². The maximum atomic E-state index is 10.5. The highest BCUT2D eigenvalue weighted by molar-refractivity contribution is 5.87. The molecule has 1 nitrogen and oxygen atoms in total. The zero-order chi connectivity index (χ0) is 10.1. The van der Waals surface area contributed by atoms with Crippen LogP contribution in [-0.4, -0.2) is 5.78 Å². The average molecular weight is 178 g/mol. The summed E-state index contributed by atoms with van der Waals surface area (Å²) in [4.78, 5) is 10.5. The fourth-order valence-electron chi connectivity index (χ4n) is 0.709. The van der Waals surface area contributed by atoms with E-state index < -0.39 is 0 Å². The number of hydrogen-bond acceptors (Lipinski definition) is 1. The lowest BCUT2D eigenvalue weighted by molar-refractivity contribution is -0.112. The van der Waals surface area contributed by atoms with Gasteiger partial charge in [0.2, 0.25) is 0 Å². The Bertz CT molecular complexity index is 221. The monoisotopic (exact) mass is 178 g/mol. The number of carbonyl (C=O) groups excluding carboxylic acids is 1. The van der Waals surface area contributed by atoms with Gasteiger partial charge in [-0.05, 0) is 18.9 Å². The fraction of sp³-hybridized carbons (Fsp3) is 0.417. The van der Waals surface area contributed by atoms with Gasteiger partial charge in [0.1, 0.15) is 0 Å². The predicted octanol–water partition coefficient (Wildman–Crippen LogP) is 3.29. The smallest absolute Gasteiger partial charge is 0.152 e. The molecule has 0 bridgehead atoms. The summed E-state index contributed by atoms with van der Waals surface area (Å²) in [6, 6.07) is 0. The van der Waals surface area contributed by atoms with Crippen molar-refractivity contribution in [2.24, 2.45) is 5.92 Å². The van der Waals surface area contributed by atoms with Crippen molar-refractivity contribution in [1.29, 1.82) is 0 Å². The molecule has 0 aliphatic carbocycles. The molecule has 0 heterocycles. The first-order chi connectivity index (χ1) is 6.16. The summed E-state index contributed by atoms with van der Waals surface area (Å²) in [6.07, 6.45) is 12.4. The van der Waals surface area contributed by atoms with Gasteiger partial charge in [0.05, 0.1) is 0 Å². The molecule has 1 unspecified atom stereocenters. The van der Waals surface area contributed by atoms with Gasteiger partial charge in [-0.1, -0.05) is 50.6 Å². The summed E-state index contributed by atoms with van der Waals surface area (Å²) in [5, 5.41) is 0. The average Bonchev–Trinajstić information content (AvgIpc) is 2.10. The van der Waals surface area contributed by atoms with Gasteiger partial charge in [0, 0.05) is 0 Å². The molecule has 0 aromatic heterocycles. The van der Waals surface area contributed by atoms with Crippen molar-refractivity contribution < 1.29 is 4.79 Å². The van der Waals surface area contributed by atoms with Gasteiger partial charge in [-0.2, -0.15) is 0 Å². The van der Waals surface area contributed by atoms with E-state index in [0.717, 1.165) is 6.42 Å². The van der Waals surface area contributed by atoms with Crippen LogP contribution in [0.3, 0.4) is 0 Å². The molecule has 1 heteroatoms. The van der Waals surface area contributed by atoms with E-state index in [1.165, 1.54) is 0 Å². The van der Waals surface area contributed by atoms with E-state index in [2.05, 4.69) is 19.9 Å². The molecule has 0 amide bonds. The summed E-state index contributed by atoms with van der Waals surface area (Å²) in [5.74, 6) is 0.706. The van der Waals surface area contributed by atoms with Crippen molar-refractivity contribution in [1.82, 2.24) is 0 Å². The Morgan fingerprint density at radius 2 is 1.85 bits per heavy atom. The largest absolute Gasteiger partial charge is 0.295 e. The van der Waals surface area contributed by atoms with E-state index in [1.807, 2.05) is 18.2 Å². The van der Waals surface area contributed by atoms with Crippen LogP contribution in [0.1, 0.15) is 27.2 Å². The highest BCUT2D eigenvalue weighted by Gasteiger charge is 1.87. The van der Waals surface area contributed by atoms with Gasteiger partial charge in [0.25, 0.3) is 0 Å². The van der Waals surface area contributed by atoms with Crippen LogP contribution in [0.15, 0.2) is 36.5 Å². The Morgan fingerprint density at radius 1 is 1.23 bits per heavy atom. The Balaban J connectivity index is 3.75. The van der Waals surface area contributed by atoms with Crippen molar-refractivity contribution in [3.63, 3.8) is 0 Å². The summed E-state index contributed by atoms with van der Waals surface area (Å²) < 4.78 is 0. The topological polar surface area (TPSA) is 17.1 Å². The number of carbonyl (C=O) groups is 1. The summed E-state index contributed by atoms with van der Waals surface area (Å²) in [7, 11) is 0. The van der Waals surface area contributed by atoms with Crippen molar-refractivity contribution in [2.75, 3.05) is 0 Å². The molecule has 0 rings (SSSR count). The molecule has 0 N–H and O–H groups in total. The molecule has 0 saturated carbocycles. The number of allylic oxidation sites excluding steroid dienone is 6. The fourth-order valence-corrected chi connectivity index (χ4v) is 0.709. The van der Waals surface area contributed by atoms with Crippen molar-refractivity contribution in [3.8, 4) is 0 Å². The van der Waals surface area contributed by atoms with E-state index in [4.69, 9.17) is 0 Å². The number of ketones is 1. The van der Waals surface area contributed by atoms with Gasteiger partial charge in [-0.15, -0.1) is 0 Å². The normalized spacial score (nSPS) is 14.7. The SMILES string of the molecule is CCC(C)/C=C/C=C/C=C/C(C)=O. The van der Waals surface area contributed by atoms with Crippen LogP contribution >= 0.6 is 0 Å². The second-order valence-electron chi connectivity index (χ2n) is 3.13. The minimum atomic E-state index is 0.0792. The third-order valence-corrected chi connectivity index (χ3v) is 1.75. The Morgan fingerprint density at radius 3 is 2.38 bits per heavy atom. The van der Waals surface area contributed by atoms with E-state index in [9.17, 15) is 4.79 Å². The van der Waals surface area contributed by atoms with Crippen molar-refractivity contribution in [3.05, 3.63) is 36.5 Å². The van der Waals surface area contributed by atoms with Crippen LogP contribution in [0.2, 0.25) is 0 Å². The van der Waals surface area contributed by atoms with Crippen molar-refractivity contribution in [2.45, 2.75) is 27.2 Å². The molecule has 0 radical (unpaired) electrons. The molecular formula is C12H18O. The molecule has 0 aliphatic rings. The van der Waals surface area contributed by atoms with Crippen LogP contribution in [0.25, 0.3) is 0 Å². The first-order valence-corrected chi connectivity index (χ1v) is 4.69. The number of hydrogen-bond donors (Lipinski definition) is 0. The summed E-state index contributed by atoms with van der Waals surface area (Å²) >= 11 is 0. The maximum absolute atomic E-state index is 10.5. The van der Waals surface area contributed by atoms with E-state index >= 15 is 0 Å². The third-order valence-electron chi connectivity index (χ3n) is 1.75. The summed E-state index contributed by atoms with van der Waals surface area (Å²) in [5.41, 5.74) is 0. The molecule has 0 aromatic rings. The lowest BCUT2D eigenvalue weighted by Gasteiger charge is -1.96. The van der Waals surface area contributed by atoms with Crippen LogP contribution in [-0.2, 0) is 4.79 Å². The highest BCUT2D eigenvalue weighted by atomic mass is 16.1. The highest BCUT2D eigenvalue weighted by Crippen LogP contribution is 2.01. The quantitative estimate of drug-likeness (QED) is 0.466. The predicted molar refractivity (Wildman–Crippen MR) is 57.6 cm³/mol. The summed E-state index contributed by atoms with van der Waals surface area (Å²) in [6.45, 7) is 5.88. The molecule has 0 saturated heterocycles. The first-order valence-electron chi connectivity index (χ1n) is 4.69. The van der Waals surface area contributed by atoms with E-state index in [-0.39, 0.29) is 5.78 Å². The van der Waals surface area contributed by atoms with Gasteiger partial charge >= 0.3 is 0 Å². The molecule has 72 valence electrons. The molecule has 1 atom stereocenters.